The lowest BCUT2D eigenvalue weighted by atomic mass is 10.1. The van der Waals surface area contributed by atoms with Gasteiger partial charge in [-0.25, -0.2) is 5.06 Å². The summed E-state index contributed by atoms with van der Waals surface area (Å²) in [6, 6.07) is 4.63. The Labute approximate surface area is 106 Å². The maximum Gasteiger partial charge on any atom is 0.269 e. The zero-order chi connectivity index (χ0) is 12.1. The number of aromatic hydroxyl groups is 1. The van der Waals surface area contributed by atoms with E-state index in [9.17, 15) is 9.90 Å². The summed E-state index contributed by atoms with van der Waals surface area (Å²) in [5, 5.41) is 10.5. The number of likely N-dealkylation sites (N-methyl/N-ethyl adjacent to an activating group) is 1. The second-order valence-electron chi connectivity index (χ2n) is 3.17. The molecular weight excluding hydrogens is 244 g/mol. The lowest BCUT2D eigenvalue weighted by Crippen LogP contribution is -2.22. The molecule has 0 saturated heterocycles. The number of nitrogens with zero attached hydrogens (tertiary/aromatic N) is 1. The van der Waals surface area contributed by atoms with Crippen molar-refractivity contribution in [3.8, 4) is 5.75 Å². The van der Waals surface area contributed by atoms with E-state index in [1.54, 1.807) is 12.1 Å². The summed E-state index contributed by atoms with van der Waals surface area (Å²) in [5.41, 5.74) is 6.56. The van der Waals surface area contributed by atoms with Gasteiger partial charge in [0.1, 0.15) is 5.75 Å². The first-order valence-electron chi connectivity index (χ1n) is 4.63. The number of halogens is 1. The van der Waals surface area contributed by atoms with Crippen molar-refractivity contribution in [2.45, 2.75) is 0 Å². The third-order valence-corrected chi connectivity index (χ3v) is 2.04. The fourth-order valence-corrected chi connectivity index (χ4v) is 1.06. The number of rotatable bonds is 3. The first kappa shape index (κ1) is 15.3. The van der Waals surface area contributed by atoms with Gasteiger partial charge in [-0.3, -0.25) is 9.63 Å². The number of hydrogen-bond acceptors (Lipinski definition) is 4. The number of hydroxylamine groups is 2. The SMILES string of the molecule is CON(C)C(=O)/C=C/c1cc(N)ccc1O.Cl. The van der Waals surface area contributed by atoms with E-state index in [0.717, 1.165) is 5.06 Å². The second-order valence-corrected chi connectivity index (χ2v) is 3.17. The summed E-state index contributed by atoms with van der Waals surface area (Å²) >= 11 is 0. The van der Waals surface area contributed by atoms with Crippen LogP contribution in [0.5, 0.6) is 5.75 Å². The van der Waals surface area contributed by atoms with Crippen molar-refractivity contribution in [3.05, 3.63) is 29.8 Å². The Hall–Kier alpha value is -1.72. The van der Waals surface area contributed by atoms with Crippen LogP contribution in [0.1, 0.15) is 5.56 Å². The van der Waals surface area contributed by atoms with E-state index in [-0.39, 0.29) is 24.1 Å². The number of amides is 1. The van der Waals surface area contributed by atoms with Crippen LogP contribution in [0.25, 0.3) is 6.08 Å². The summed E-state index contributed by atoms with van der Waals surface area (Å²) in [6.07, 6.45) is 2.77. The topological polar surface area (TPSA) is 75.8 Å². The number of hydrogen-bond donors (Lipinski definition) is 2. The number of carbonyl (C=O) groups is 1. The fourth-order valence-electron chi connectivity index (χ4n) is 1.06. The maximum atomic E-state index is 11.3. The molecule has 94 valence electrons. The molecule has 0 unspecified atom stereocenters. The molecule has 0 atom stereocenters. The highest BCUT2D eigenvalue weighted by Crippen LogP contribution is 2.20. The van der Waals surface area contributed by atoms with Crippen molar-refractivity contribution in [3.63, 3.8) is 0 Å². The summed E-state index contributed by atoms with van der Waals surface area (Å²) < 4.78 is 0. The average molecular weight is 259 g/mol. The molecule has 0 fully saturated rings. The van der Waals surface area contributed by atoms with E-state index < -0.39 is 0 Å². The van der Waals surface area contributed by atoms with Crippen molar-refractivity contribution in [1.29, 1.82) is 0 Å². The molecule has 1 rings (SSSR count). The van der Waals surface area contributed by atoms with Crippen LogP contribution in [-0.2, 0) is 9.63 Å². The molecule has 1 aromatic rings. The van der Waals surface area contributed by atoms with Gasteiger partial charge in [-0.2, -0.15) is 0 Å². The van der Waals surface area contributed by atoms with Gasteiger partial charge in [0.25, 0.3) is 5.91 Å². The van der Waals surface area contributed by atoms with Crippen LogP contribution in [-0.4, -0.2) is 30.2 Å². The van der Waals surface area contributed by atoms with Crippen molar-refractivity contribution in [2.75, 3.05) is 19.9 Å². The highest BCUT2D eigenvalue weighted by atomic mass is 35.5. The van der Waals surface area contributed by atoms with Gasteiger partial charge in [-0.1, -0.05) is 0 Å². The Bertz CT molecular complexity index is 421. The number of benzene rings is 1. The predicted octanol–water partition coefficient (Wildman–Crippen LogP) is 1.43. The molecule has 3 N–H and O–H groups in total. The second kappa shape index (κ2) is 6.78. The Morgan fingerprint density at radius 1 is 1.53 bits per heavy atom. The van der Waals surface area contributed by atoms with Gasteiger partial charge < -0.3 is 10.8 Å². The van der Waals surface area contributed by atoms with E-state index in [4.69, 9.17) is 10.6 Å². The number of phenolic OH excluding ortho intramolecular Hbond substituents is 1. The number of nitrogens with two attached hydrogens (primary N) is 1. The van der Waals surface area contributed by atoms with E-state index >= 15 is 0 Å². The third-order valence-electron chi connectivity index (χ3n) is 2.04. The van der Waals surface area contributed by atoms with E-state index in [0.29, 0.717) is 11.3 Å². The van der Waals surface area contributed by atoms with Crippen LogP contribution in [0.15, 0.2) is 24.3 Å². The van der Waals surface area contributed by atoms with Gasteiger partial charge in [0.15, 0.2) is 0 Å². The van der Waals surface area contributed by atoms with Crippen LogP contribution < -0.4 is 5.73 Å². The van der Waals surface area contributed by atoms with Crippen molar-refractivity contribution >= 4 is 30.1 Å². The lowest BCUT2D eigenvalue weighted by Gasteiger charge is -2.10. The molecule has 17 heavy (non-hydrogen) atoms. The van der Waals surface area contributed by atoms with Crippen LogP contribution in [0, 0.1) is 0 Å². The van der Waals surface area contributed by atoms with E-state index in [1.165, 1.54) is 32.4 Å². The molecule has 0 saturated carbocycles. The maximum absolute atomic E-state index is 11.3. The van der Waals surface area contributed by atoms with Gasteiger partial charge in [0, 0.05) is 24.4 Å². The molecule has 0 aliphatic carbocycles. The summed E-state index contributed by atoms with van der Waals surface area (Å²) in [6.45, 7) is 0. The van der Waals surface area contributed by atoms with Crippen LogP contribution in [0.4, 0.5) is 5.69 Å². The minimum Gasteiger partial charge on any atom is -0.507 e. The largest absolute Gasteiger partial charge is 0.507 e. The molecule has 0 aromatic heterocycles. The first-order chi connectivity index (χ1) is 7.54. The minimum atomic E-state index is -0.329. The highest BCUT2D eigenvalue weighted by molar-refractivity contribution is 5.91. The van der Waals surface area contributed by atoms with Crippen LogP contribution >= 0.6 is 12.4 Å². The molecule has 5 nitrogen and oxygen atoms in total. The van der Waals surface area contributed by atoms with Crippen LogP contribution in [0.3, 0.4) is 0 Å². The van der Waals surface area contributed by atoms with Crippen molar-refractivity contribution < 1.29 is 14.7 Å². The first-order valence-corrected chi connectivity index (χ1v) is 4.63. The molecule has 0 radical (unpaired) electrons. The zero-order valence-electron chi connectivity index (χ0n) is 9.58. The normalized spacial score (nSPS) is 10.0. The van der Waals surface area contributed by atoms with E-state index in [1.807, 2.05) is 0 Å². The summed E-state index contributed by atoms with van der Waals surface area (Å²) in [5.74, 6) is -0.261. The van der Waals surface area contributed by atoms with Gasteiger partial charge >= 0.3 is 0 Å². The fraction of sp³-hybridized carbons (Fsp3) is 0.182. The summed E-state index contributed by atoms with van der Waals surface area (Å²) in [7, 11) is 2.88. The van der Waals surface area contributed by atoms with Crippen molar-refractivity contribution in [1.82, 2.24) is 5.06 Å². The molecule has 0 aliphatic heterocycles. The van der Waals surface area contributed by atoms with Gasteiger partial charge in [0.05, 0.1) is 7.11 Å². The molecule has 0 heterocycles. The Morgan fingerprint density at radius 2 is 2.18 bits per heavy atom. The monoisotopic (exact) mass is 258 g/mol. The number of anilines is 1. The third kappa shape index (κ3) is 4.34. The van der Waals surface area contributed by atoms with Gasteiger partial charge in [0.2, 0.25) is 0 Å². The minimum absolute atomic E-state index is 0. The lowest BCUT2D eigenvalue weighted by molar-refractivity contribution is -0.162. The van der Waals surface area contributed by atoms with Gasteiger partial charge in [-0.15, -0.1) is 12.4 Å². The molecule has 0 spiro atoms. The molecule has 1 amide bonds. The van der Waals surface area contributed by atoms with E-state index in [2.05, 4.69) is 0 Å². The zero-order valence-corrected chi connectivity index (χ0v) is 10.4. The number of nitrogen functional groups attached to an aromatic ring is 1. The highest BCUT2D eigenvalue weighted by Gasteiger charge is 2.03. The smallest absolute Gasteiger partial charge is 0.269 e. The summed E-state index contributed by atoms with van der Waals surface area (Å²) in [4.78, 5) is 16.0. The Balaban J connectivity index is 0.00000256. The molecule has 1 aromatic carbocycles. The van der Waals surface area contributed by atoms with Crippen LogP contribution in [0.2, 0.25) is 0 Å². The standard InChI is InChI=1S/C11H14N2O3.ClH/c1-13(16-2)11(15)6-3-8-7-9(12)4-5-10(8)14;/h3-7,14H,12H2,1-2H3;1H/b6-3+;. The molecular formula is C11H15ClN2O3. The predicted molar refractivity (Wildman–Crippen MR) is 68.6 cm³/mol. The Kier molecular flexibility index (Phi) is 6.09. The quantitative estimate of drug-likeness (QED) is 0.372. The number of carbonyl (C=O) groups excluding carboxylic acids is 1. The number of phenols is 1. The van der Waals surface area contributed by atoms with Gasteiger partial charge in [-0.05, 0) is 24.3 Å². The molecule has 0 aliphatic rings. The molecule has 6 heteroatoms. The Morgan fingerprint density at radius 3 is 2.76 bits per heavy atom. The molecule has 0 bridgehead atoms. The van der Waals surface area contributed by atoms with Crippen molar-refractivity contribution in [2.24, 2.45) is 0 Å². The average Bonchev–Trinajstić information content (AvgIpc) is 2.28.